The number of alkyl carbamates (subject to hydrolysis) is 1. The molecule has 3 heterocycles. The van der Waals surface area contributed by atoms with Crippen LogP contribution in [0.15, 0.2) is 73.3 Å². The Kier molecular flexibility index (Phi) is 10.2. The van der Waals surface area contributed by atoms with E-state index in [1.807, 2.05) is 66.7 Å². The predicted octanol–water partition coefficient (Wildman–Crippen LogP) is 4.87. The number of carbonyl (C=O) groups excluding carboxylic acids is 4. The van der Waals surface area contributed by atoms with E-state index in [1.54, 1.807) is 20.8 Å². The van der Waals surface area contributed by atoms with Crippen LogP contribution in [0.4, 0.5) is 4.79 Å². The van der Waals surface area contributed by atoms with E-state index >= 15 is 0 Å². The summed E-state index contributed by atoms with van der Waals surface area (Å²) in [5.74, 6) is -2.23. The van der Waals surface area contributed by atoms with E-state index in [2.05, 4.69) is 21.9 Å². The van der Waals surface area contributed by atoms with E-state index < -0.39 is 74.1 Å². The molecule has 0 radical (unpaired) electrons. The average Bonchev–Trinajstić information content (AvgIpc) is 4.08. The van der Waals surface area contributed by atoms with Gasteiger partial charge in [-0.3, -0.25) is 19.1 Å². The Balaban J connectivity index is 1.26. The van der Waals surface area contributed by atoms with Gasteiger partial charge in [0.25, 0.3) is 5.91 Å². The number of ether oxygens (including phenoxy) is 2. The molecule has 55 heavy (non-hydrogen) atoms. The highest BCUT2D eigenvalue weighted by atomic mass is 32.2. The third-order valence-corrected chi connectivity index (χ3v) is 12.5. The molecule has 2 aromatic carbocycles. The van der Waals surface area contributed by atoms with Gasteiger partial charge in [0.15, 0.2) is 0 Å². The van der Waals surface area contributed by atoms with Crippen molar-refractivity contribution in [3.8, 4) is 17.1 Å². The van der Waals surface area contributed by atoms with Gasteiger partial charge in [0, 0.05) is 23.3 Å². The zero-order valence-electron chi connectivity index (χ0n) is 31.2. The molecule has 1 unspecified atom stereocenters. The van der Waals surface area contributed by atoms with Crippen LogP contribution in [0.1, 0.15) is 64.9 Å². The van der Waals surface area contributed by atoms with Gasteiger partial charge in [-0.2, -0.15) is 0 Å². The number of benzene rings is 2. The number of fused-ring (bicyclic) bond motifs is 3. The summed E-state index contributed by atoms with van der Waals surface area (Å²) < 4.78 is 39.8. The second-order valence-corrected chi connectivity index (χ2v) is 17.9. The van der Waals surface area contributed by atoms with Crippen molar-refractivity contribution in [1.82, 2.24) is 25.2 Å². The van der Waals surface area contributed by atoms with Crippen LogP contribution < -0.4 is 20.1 Å². The minimum atomic E-state index is -3.91. The standard InChI is InChI=1S/C41H47N5O8S/c1-5-28-23-41(28,38(49)45-55(51,52)30-17-18-30)44-35(47)33-22-29-24-46(33)37(48)34(40(2,3)4)43-39(50)53-19-11-7-8-12-25-15-16-27-21-32(26-13-9-6-10-14-26)42-36(54-29)31(27)20-25/h5-6,8-10,12-16,20-21,28-30,33-34H,1,7,11,17-19,22-24H2,2-4H3,(H,43,50)(H,44,47)(H,45,49)/b12-8+/t28?,29-,33+,34-,41-/m1/s1. The van der Waals surface area contributed by atoms with Crippen LogP contribution in [-0.4, -0.2) is 84.2 Å². The Morgan fingerprint density at radius 1 is 1.09 bits per heavy atom. The highest BCUT2D eigenvalue weighted by Gasteiger charge is 2.62. The number of rotatable bonds is 7. The number of amides is 4. The van der Waals surface area contributed by atoms with Gasteiger partial charge in [-0.25, -0.2) is 18.2 Å². The molecule has 0 spiro atoms. The zero-order valence-corrected chi connectivity index (χ0v) is 32.1. The summed E-state index contributed by atoms with van der Waals surface area (Å²) in [6, 6.07) is 15.4. The van der Waals surface area contributed by atoms with Crippen molar-refractivity contribution in [2.75, 3.05) is 13.2 Å². The van der Waals surface area contributed by atoms with Crippen LogP contribution >= 0.6 is 0 Å². The maximum atomic E-state index is 14.6. The third-order valence-electron chi connectivity index (χ3n) is 10.7. The molecule has 3 aromatic rings. The van der Waals surface area contributed by atoms with E-state index in [0.29, 0.717) is 37.3 Å². The van der Waals surface area contributed by atoms with Crippen LogP contribution in [0.5, 0.6) is 5.88 Å². The fraction of sp³-hybridized carbons (Fsp3) is 0.439. The quantitative estimate of drug-likeness (QED) is 0.284. The van der Waals surface area contributed by atoms with Crippen LogP contribution in [0, 0.1) is 11.3 Å². The van der Waals surface area contributed by atoms with Gasteiger partial charge < -0.3 is 25.0 Å². The molecule has 2 aliphatic carbocycles. The molecule has 2 saturated carbocycles. The second-order valence-electron chi connectivity index (χ2n) is 15.9. The lowest BCUT2D eigenvalue weighted by Gasteiger charge is -2.35. The van der Waals surface area contributed by atoms with Gasteiger partial charge in [-0.05, 0) is 60.6 Å². The number of hydrogen-bond donors (Lipinski definition) is 3. The third kappa shape index (κ3) is 8.10. The van der Waals surface area contributed by atoms with Gasteiger partial charge in [-0.1, -0.05) is 81.5 Å². The van der Waals surface area contributed by atoms with Gasteiger partial charge >= 0.3 is 6.09 Å². The average molecular weight is 770 g/mol. The number of allylic oxidation sites excluding steroid dienone is 1. The summed E-state index contributed by atoms with van der Waals surface area (Å²) in [5.41, 5.74) is 0.113. The summed E-state index contributed by atoms with van der Waals surface area (Å²) in [4.78, 5) is 61.9. The van der Waals surface area contributed by atoms with Gasteiger partial charge in [0.1, 0.15) is 23.7 Å². The molecule has 1 aromatic heterocycles. The minimum absolute atomic E-state index is 0.0219. The van der Waals surface area contributed by atoms with E-state index in [9.17, 15) is 27.6 Å². The number of sulfonamides is 1. The first-order valence-electron chi connectivity index (χ1n) is 18.8. The molecule has 4 bridgehead atoms. The lowest BCUT2D eigenvalue weighted by Crippen LogP contribution is -2.60. The molecule has 14 heteroatoms. The molecule has 4 aliphatic rings. The van der Waals surface area contributed by atoms with Crippen LogP contribution in [-0.2, 0) is 29.1 Å². The summed E-state index contributed by atoms with van der Waals surface area (Å²) in [5, 5.41) is 6.55. The van der Waals surface area contributed by atoms with Crippen LogP contribution in [0.2, 0.25) is 0 Å². The fourth-order valence-corrected chi connectivity index (χ4v) is 8.66. The molecule has 1 saturated heterocycles. The maximum Gasteiger partial charge on any atom is 0.407 e. The summed E-state index contributed by atoms with van der Waals surface area (Å²) >= 11 is 0. The number of cyclic esters (lactones) is 1. The van der Waals surface area contributed by atoms with Crippen molar-refractivity contribution in [2.24, 2.45) is 11.3 Å². The first-order chi connectivity index (χ1) is 26.2. The molecule has 3 fully saturated rings. The molecule has 5 atom stereocenters. The minimum Gasteiger partial charge on any atom is -0.472 e. The number of carbonyl (C=O) groups is 4. The SMILES string of the molecule is C=CC1C[C@]1(NC(=O)[C@@H]1C[C@@H]2CN1C(=O)[C@H](C(C)(C)C)NC(=O)OCCC/C=C/c1ccc3cc(-c4ccccc4)nc(c3c1)O2)C(=O)NS(=O)(=O)C1CC1. The number of nitrogens with zero attached hydrogens (tertiary/aromatic N) is 2. The monoisotopic (exact) mass is 769 g/mol. The Labute approximate surface area is 321 Å². The van der Waals surface area contributed by atoms with Gasteiger partial charge in [0.2, 0.25) is 27.7 Å². The second kappa shape index (κ2) is 14.8. The molecule has 7 rings (SSSR count). The number of pyridine rings is 1. The van der Waals surface area contributed by atoms with Crippen molar-refractivity contribution in [2.45, 2.75) is 88.3 Å². The highest BCUT2D eigenvalue weighted by Crippen LogP contribution is 2.46. The lowest BCUT2D eigenvalue weighted by atomic mass is 9.85. The highest BCUT2D eigenvalue weighted by molar-refractivity contribution is 7.91. The Hall–Kier alpha value is -5.24. The Morgan fingerprint density at radius 2 is 1.85 bits per heavy atom. The number of nitrogens with one attached hydrogen (secondary N) is 3. The topological polar surface area (TPSA) is 173 Å². The molecule has 290 valence electrons. The molecule has 2 aliphatic heterocycles. The lowest BCUT2D eigenvalue weighted by molar-refractivity contribution is -0.142. The number of aromatic nitrogens is 1. The number of hydrogen-bond acceptors (Lipinski definition) is 9. The maximum absolute atomic E-state index is 14.6. The van der Waals surface area contributed by atoms with E-state index in [0.717, 1.165) is 21.9 Å². The first kappa shape index (κ1) is 38.1. The molecular weight excluding hydrogens is 723 g/mol. The van der Waals surface area contributed by atoms with Crippen molar-refractivity contribution in [3.63, 3.8) is 0 Å². The fourth-order valence-electron chi connectivity index (χ4n) is 7.30. The first-order valence-corrected chi connectivity index (χ1v) is 20.3. The van der Waals surface area contributed by atoms with Crippen molar-refractivity contribution in [1.29, 1.82) is 0 Å². The van der Waals surface area contributed by atoms with Crippen LogP contribution in [0.25, 0.3) is 28.1 Å². The van der Waals surface area contributed by atoms with Gasteiger partial charge in [-0.15, -0.1) is 6.58 Å². The normalized spacial score (nSPS) is 26.5. The largest absolute Gasteiger partial charge is 0.472 e. The van der Waals surface area contributed by atoms with Crippen molar-refractivity contribution in [3.05, 3.63) is 78.9 Å². The Morgan fingerprint density at radius 3 is 2.55 bits per heavy atom. The van der Waals surface area contributed by atoms with E-state index in [4.69, 9.17) is 14.5 Å². The summed E-state index contributed by atoms with van der Waals surface area (Å²) in [6.07, 6.45) is 6.29. The summed E-state index contributed by atoms with van der Waals surface area (Å²) in [6.45, 7) is 9.27. The van der Waals surface area contributed by atoms with Crippen molar-refractivity contribution < 1.29 is 37.1 Å². The van der Waals surface area contributed by atoms with Crippen LogP contribution in [0.3, 0.4) is 0 Å². The van der Waals surface area contributed by atoms with Crippen molar-refractivity contribution >= 4 is 50.7 Å². The Bertz CT molecular complexity index is 2160. The van der Waals surface area contributed by atoms with Gasteiger partial charge in [0.05, 0.1) is 24.1 Å². The predicted molar refractivity (Wildman–Crippen MR) is 207 cm³/mol. The van der Waals surface area contributed by atoms with E-state index in [1.165, 1.54) is 11.0 Å². The molecule has 4 amide bonds. The molecule has 3 N–H and O–H groups in total. The molecular formula is C41H47N5O8S. The van der Waals surface area contributed by atoms with E-state index in [-0.39, 0.29) is 26.0 Å². The smallest absolute Gasteiger partial charge is 0.407 e. The summed E-state index contributed by atoms with van der Waals surface area (Å²) in [7, 11) is -3.91. The molecule has 13 nitrogen and oxygen atoms in total. The zero-order chi connectivity index (χ0) is 39.1.